The van der Waals surface area contributed by atoms with Crippen LogP contribution in [-0.4, -0.2) is 24.3 Å². The van der Waals surface area contributed by atoms with Gasteiger partial charge < -0.3 is 4.57 Å². The van der Waals surface area contributed by atoms with Gasteiger partial charge in [0.1, 0.15) is 6.33 Å². The van der Waals surface area contributed by atoms with Crippen LogP contribution in [0.25, 0.3) is 50.4 Å². The first-order chi connectivity index (χ1) is 16.3. The van der Waals surface area contributed by atoms with Crippen molar-refractivity contribution in [2.75, 3.05) is 0 Å². The molecule has 0 atom stereocenters. The number of imidazole rings is 1. The Balaban J connectivity index is 1.66. The third-order valence-corrected chi connectivity index (χ3v) is 5.99. The molecule has 0 bridgehead atoms. The van der Waals surface area contributed by atoms with Crippen LogP contribution in [0.4, 0.5) is 0 Å². The maximum atomic E-state index is 4.65. The molecule has 0 spiro atoms. The molecule has 0 N–H and O–H groups in total. The maximum absolute atomic E-state index is 4.65. The number of aromatic nitrogens is 5. The average Bonchev–Trinajstić information content (AvgIpc) is 3.52. The van der Waals surface area contributed by atoms with Crippen LogP contribution in [0.5, 0.6) is 0 Å². The molecule has 0 saturated heterocycles. The molecule has 33 heavy (non-hydrogen) atoms. The summed E-state index contributed by atoms with van der Waals surface area (Å²) in [7, 11) is 2.00. The van der Waals surface area contributed by atoms with Gasteiger partial charge in [0.2, 0.25) is 0 Å². The maximum Gasteiger partial charge on any atom is 0.170 e. The Morgan fingerprint density at radius 1 is 0.606 bits per heavy atom. The van der Waals surface area contributed by atoms with Crippen molar-refractivity contribution in [2.45, 2.75) is 0 Å². The largest absolute Gasteiger partial charge is 0.334 e. The number of para-hydroxylation sites is 2. The SMILES string of the molecule is Cn1cnc2c(-c3nncn3-c3c(-c4ccccc4)cccc3-c3ccccc3)cccc21. The van der Waals surface area contributed by atoms with Crippen molar-refractivity contribution in [1.82, 2.24) is 24.3 Å². The van der Waals surface area contributed by atoms with Gasteiger partial charge >= 0.3 is 0 Å². The van der Waals surface area contributed by atoms with E-state index in [0.717, 1.165) is 50.4 Å². The summed E-state index contributed by atoms with van der Waals surface area (Å²) in [6, 6.07) is 33.5. The molecule has 0 aliphatic carbocycles. The number of hydrogen-bond donors (Lipinski definition) is 0. The molecular formula is C28H21N5. The topological polar surface area (TPSA) is 48.5 Å². The predicted octanol–water partition coefficient (Wildman–Crippen LogP) is 6.16. The highest BCUT2D eigenvalue weighted by molar-refractivity contribution is 5.92. The highest BCUT2D eigenvalue weighted by Gasteiger charge is 2.20. The van der Waals surface area contributed by atoms with Crippen LogP contribution in [0.1, 0.15) is 0 Å². The van der Waals surface area contributed by atoms with Crippen LogP contribution in [0.3, 0.4) is 0 Å². The van der Waals surface area contributed by atoms with Crippen molar-refractivity contribution < 1.29 is 0 Å². The van der Waals surface area contributed by atoms with E-state index < -0.39 is 0 Å². The highest BCUT2D eigenvalue weighted by Crippen LogP contribution is 2.38. The smallest absolute Gasteiger partial charge is 0.170 e. The first-order valence-electron chi connectivity index (χ1n) is 10.9. The molecule has 0 unspecified atom stereocenters. The Hall–Kier alpha value is -4.51. The van der Waals surface area contributed by atoms with E-state index in [1.54, 1.807) is 6.33 Å². The zero-order chi connectivity index (χ0) is 22.2. The van der Waals surface area contributed by atoms with Crippen LogP contribution in [0.2, 0.25) is 0 Å². The third-order valence-electron chi connectivity index (χ3n) is 5.99. The Kier molecular flexibility index (Phi) is 4.58. The molecule has 4 aromatic carbocycles. The second-order valence-corrected chi connectivity index (χ2v) is 7.99. The van der Waals surface area contributed by atoms with E-state index in [4.69, 9.17) is 0 Å². The lowest BCUT2D eigenvalue weighted by Gasteiger charge is -2.18. The summed E-state index contributed by atoms with van der Waals surface area (Å²) in [6.07, 6.45) is 3.63. The lowest BCUT2D eigenvalue weighted by atomic mass is 9.95. The average molecular weight is 428 g/mol. The number of nitrogens with zero attached hydrogens (tertiary/aromatic N) is 5. The summed E-state index contributed by atoms with van der Waals surface area (Å²) < 4.78 is 4.11. The molecule has 158 valence electrons. The van der Waals surface area contributed by atoms with Gasteiger partial charge in [-0.3, -0.25) is 4.57 Å². The molecule has 0 aliphatic rings. The molecule has 2 aromatic heterocycles. The van der Waals surface area contributed by atoms with Crippen molar-refractivity contribution >= 4 is 11.0 Å². The van der Waals surface area contributed by atoms with E-state index in [0.29, 0.717) is 0 Å². The molecule has 6 aromatic rings. The fourth-order valence-corrected chi connectivity index (χ4v) is 4.43. The Labute approximate surface area is 191 Å². The minimum atomic E-state index is 0.764. The summed E-state index contributed by atoms with van der Waals surface area (Å²) in [5.41, 5.74) is 8.48. The molecular weight excluding hydrogens is 406 g/mol. The summed E-state index contributed by atoms with van der Waals surface area (Å²) in [6.45, 7) is 0. The summed E-state index contributed by atoms with van der Waals surface area (Å²) in [4.78, 5) is 4.65. The van der Waals surface area contributed by atoms with E-state index in [9.17, 15) is 0 Å². The quantitative estimate of drug-likeness (QED) is 0.339. The van der Waals surface area contributed by atoms with Crippen molar-refractivity contribution in [3.63, 3.8) is 0 Å². The van der Waals surface area contributed by atoms with Gasteiger partial charge in [0, 0.05) is 23.7 Å². The molecule has 5 heteroatoms. The Morgan fingerprint density at radius 2 is 1.21 bits per heavy atom. The summed E-state index contributed by atoms with van der Waals surface area (Å²) in [5, 5.41) is 8.89. The molecule has 0 radical (unpaired) electrons. The first-order valence-corrected chi connectivity index (χ1v) is 10.9. The Morgan fingerprint density at radius 3 is 1.88 bits per heavy atom. The normalized spacial score (nSPS) is 11.2. The second-order valence-electron chi connectivity index (χ2n) is 7.99. The van der Waals surface area contributed by atoms with E-state index in [-0.39, 0.29) is 0 Å². The van der Waals surface area contributed by atoms with Gasteiger partial charge in [0.25, 0.3) is 0 Å². The van der Waals surface area contributed by atoms with Crippen LogP contribution in [-0.2, 0) is 7.05 Å². The van der Waals surface area contributed by atoms with Crippen molar-refractivity contribution in [3.05, 3.63) is 110 Å². The second kappa shape index (κ2) is 7.88. The van der Waals surface area contributed by atoms with Gasteiger partial charge in [-0.15, -0.1) is 10.2 Å². The van der Waals surface area contributed by atoms with Crippen molar-refractivity contribution in [2.24, 2.45) is 7.05 Å². The van der Waals surface area contributed by atoms with Gasteiger partial charge in [-0.25, -0.2) is 4.98 Å². The predicted molar refractivity (Wildman–Crippen MR) is 132 cm³/mol. The monoisotopic (exact) mass is 427 g/mol. The van der Waals surface area contributed by atoms with Crippen LogP contribution < -0.4 is 0 Å². The van der Waals surface area contributed by atoms with E-state index in [2.05, 4.69) is 98.6 Å². The standard InChI is InChI=1S/C28H21N5/c1-32-18-29-26-24(16-9-17-25(26)32)28-31-30-19-33(28)27-22(20-10-4-2-5-11-20)14-8-15-23(27)21-12-6-3-7-13-21/h2-19H,1H3. The zero-order valence-corrected chi connectivity index (χ0v) is 18.1. The molecule has 0 aliphatic heterocycles. The summed E-state index contributed by atoms with van der Waals surface area (Å²) in [5.74, 6) is 0.764. The number of hydrogen-bond acceptors (Lipinski definition) is 3. The Bertz CT molecular complexity index is 1500. The third kappa shape index (κ3) is 3.22. The molecule has 2 heterocycles. The minimum absolute atomic E-state index is 0.764. The molecule has 6 rings (SSSR count). The number of benzene rings is 4. The molecule has 0 saturated carbocycles. The van der Waals surface area contributed by atoms with Gasteiger partial charge in [-0.2, -0.15) is 0 Å². The lowest BCUT2D eigenvalue weighted by molar-refractivity contribution is 0.948. The van der Waals surface area contributed by atoms with E-state index >= 15 is 0 Å². The van der Waals surface area contributed by atoms with Gasteiger partial charge in [-0.1, -0.05) is 84.9 Å². The molecule has 0 fully saturated rings. The number of aryl methyl sites for hydroxylation is 1. The molecule has 0 amide bonds. The van der Waals surface area contributed by atoms with E-state index in [1.165, 1.54) is 0 Å². The first kappa shape index (κ1) is 19.2. The van der Waals surface area contributed by atoms with Crippen LogP contribution in [0, 0.1) is 0 Å². The summed E-state index contributed by atoms with van der Waals surface area (Å²) >= 11 is 0. The van der Waals surface area contributed by atoms with Gasteiger partial charge in [0.15, 0.2) is 5.82 Å². The zero-order valence-electron chi connectivity index (χ0n) is 18.1. The fourth-order valence-electron chi connectivity index (χ4n) is 4.43. The van der Waals surface area contributed by atoms with E-state index in [1.807, 2.05) is 36.1 Å². The lowest BCUT2D eigenvalue weighted by Crippen LogP contribution is -2.02. The highest BCUT2D eigenvalue weighted by atomic mass is 15.3. The van der Waals surface area contributed by atoms with Crippen molar-refractivity contribution in [1.29, 1.82) is 0 Å². The van der Waals surface area contributed by atoms with Crippen LogP contribution >= 0.6 is 0 Å². The minimum Gasteiger partial charge on any atom is -0.334 e. The van der Waals surface area contributed by atoms with Crippen LogP contribution in [0.15, 0.2) is 110 Å². The van der Waals surface area contributed by atoms with Gasteiger partial charge in [-0.05, 0) is 23.3 Å². The molecule has 5 nitrogen and oxygen atoms in total. The van der Waals surface area contributed by atoms with Gasteiger partial charge in [0.05, 0.1) is 23.0 Å². The number of rotatable bonds is 4. The van der Waals surface area contributed by atoms with Crippen molar-refractivity contribution in [3.8, 4) is 39.3 Å². The number of fused-ring (bicyclic) bond motifs is 1. The fraction of sp³-hybridized carbons (Fsp3) is 0.0357.